The molecular formula is C12H15NO2. The predicted molar refractivity (Wildman–Crippen MR) is 56.6 cm³/mol. The number of benzene rings is 1. The van der Waals surface area contributed by atoms with E-state index < -0.39 is 0 Å². The molecule has 0 unspecified atom stereocenters. The van der Waals surface area contributed by atoms with Crippen molar-refractivity contribution in [1.82, 2.24) is 0 Å². The van der Waals surface area contributed by atoms with Crippen molar-refractivity contribution in [2.24, 2.45) is 5.73 Å². The Morgan fingerprint density at radius 3 is 2.80 bits per heavy atom. The van der Waals surface area contributed by atoms with Gasteiger partial charge in [-0.05, 0) is 30.0 Å². The van der Waals surface area contributed by atoms with Crippen molar-refractivity contribution >= 4 is 0 Å². The normalized spacial score (nSPS) is 21.4. The lowest BCUT2D eigenvalue weighted by Gasteiger charge is -2.18. The molecule has 3 nitrogen and oxygen atoms in total. The van der Waals surface area contributed by atoms with E-state index in [-0.39, 0.29) is 5.41 Å². The number of fused-ring (bicyclic) bond motifs is 1. The maximum Gasteiger partial charge on any atom is 0.119 e. The van der Waals surface area contributed by atoms with Gasteiger partial charge in [0, 0.05) is 17.5 Å². The molecule has 1 saturated carbocycles. The smallest absolute Gasteiger partial charge is 0.119 e. The van der Waals surface area contributed by atoms with Crippen molar-refractivity contribution in [3.05, 3.63) is 28.8 Å². The molecule has 3 rings (SSSR count). The van der Waals surface area contributed by atoms with Crippen LogP contribution in [-0.4, -0.2) is 11.7 Å². The molecule has 15 heavy (non-hydrogen) atoms. The molecule has 2 aliphatic rings. The lowest BCUT2D eigenvalue weighted by molar-refractivity contribution is 0.134. The molecular weight excluding hydrogens is 190 g/mol. The number of nitrogens with two attached hydrogens (primary N) is 1. The Morgan fingerprint density at radius 1 is 1.33 bits per heavy atom. The summed E-state index contributed by atoms with van der Waals surface area (Å²) in [5.74, 6) is 0.391. The minimum absolute atomic E-state index is 0.0448. The van der Waals surface area contributed by atoms with Crippen molar-refractivity contribution in [2.45, 2.75) is 31.5 Å². The lowest BCUT2D eigenvalue weighted by atomic mass is 9.89. The Labute approximate surface area is 88.9 Å². The van der Waals surface area contributed by atoms with Crippen LogP contribution in [0, 0.1) is 0 Å². The van der Waals surface area contributed by atoms with E-state index in [2.05, 4.69) is 0 Å². The van der Waals surface area contributed by atoms with Crippen LogP contribution in [0.4, 0.5) is 0 Å². The van der Waals surface area contributed by atoms with E-state index in [1.54, 1.807) is 6.07 Å². The SMILES string of the molecule is NCC1(c2c(O)ccc3c2COC3)CC1. The molecule has 1 aromatic carbocycles. The lowest BCUT2D eigenvalue weighted by Crippen LogP contribution is -2.21. The van der Waals surface area contributed by atoms with E-state index in [1.807, 2.05) is 6.07 Å². The van der Waals surface area contributed by atoms with Crippen molar-refractivity contribution in [3.63, 3.8) is 0 Å². The monoisotopic (exact) mass is 205 g/mol. The van der Waals surface area contributed by atoms with Crippen LogP contribution >= 0.6 is 0 Å². The van der Waals surface area contributed by atoms with Crippen LogP contribution in [0.5, 0.6) is 5.75 Å². The minimum atomic E-state index is 0.0448. The van der Waals surface area contributed by atoms with Crippen molar-refractivity contribution in [2.75, 3.05) is 6.54 Å². The van der Waals surface area contributed by atoms with Gasteiger partial charge in [0.25, 0.3) is 0 Å². The third-order valence-electron chi connectivity index (χ3n) is 3.67. The molecule has 1 aliphatic heterocycles. The Kier molecular flexibility index (Phi) is 1.82. The first-order valence-corrected chi connectivity index (χ1v) is 5.39. The molecule has 0 saturated heterocycles. The molecule has 0 spiro atoms. The molecule has 1 aromatic rings. The average Bonchev–Trinajstić information content (AvgIpc) is 2.88. The fraction of sp³-hybridized carbons (Fsp3) is 0.500. The fourth-order valence-electron chi connectivity index (χ4n) is 2.54. The van der Waals surface area contributed by atoms with Crippen LogP contribution in [0.2, 0.25) is 0 Å². The van der Waals surface area contributed by atoms with Gasteiger partial charge in [-0.3, -0.25) is 0 Å². The molecule has 0 radical (unpaired) electrons. The average molecular weight is 205 g/mol. The third-order valence-corrected chi connectivity index (χ3v) is 3.67. The summed E-state index contributed by atoms with van der Waals surface area (Å²) in [7, 11) is 0. The molecule has 0 amide bonds. The van der Waals surface area contributed by atoms with E-state index >= 15 is 0 Å². The number of hydrogen-bond acceptors (Lipinski definition) is 3. The highest BCUT2D eigenvalue weighted by atomic mass is 16.5. The van der Waals surface area contributed by atoms with E-state index in [0.29, 0.717) is 25.5 Å². The first kappa shape index (κ1) is 9.19. The second-order valence-electron chi connectivity index (χ2n) is 4.57. The topological polar surface area (TPSA) is 55.5 Å². The highest BCUT2D eigenvalue weighted by Crippen LogP contribution is 2.52. The van der Waals surface area contributed by atoms with Crippen molar-refractivity contribution < 1.29 is 9.84 Å². The van der Waals surface area contributed by atoms with Crippen LogP contribution in [0.25, 0.3) is 0 Å². The van der Waals surface area contributed by atoms with Crippen LogP contribution in [-0.2, 0) is 23.4 Å². The largest absolute Gasteiger partial charge is 0.508 e. The summed E-state index contributed by atoms with van der Waals surface area (Å²) in [6.07, 6.45) is 2.18. The van der Waals surface area contributed by atoms with Crippen molar-refractivity contribution in [1.29, 1.82) is 0 Å². The number of hydrogen-bond donors (Lipinski definition) is 2. The van der Waals surface area contributed by atoms with Crippen LogP contribution in [0.3, 0.4) is 0 Å². The van der Waals surface area contributed by atoms with Gasteiger partial charge in [0.2, 0.25) is 0 Å². The van der Waals surface area contributed by atoms with E-state index in [1.165, 1.54) is 11.1 Å². The summed E-state index contributed by atoms with van der Waals surface area (Å²) in [6, 6.07) is 3.73. The number of aromatic hydroxyl groups is 1. The zero-order chi connectivity index (χ0) is 10.5. The molecule has 1 fully saturated rings. The summed E-state index contributed by atoms with van der Waals surface area (Å²) in [4.78, 5) is 0. The molecule has 1 heterocycles. The van der Waals surface area contributed by atoms with Gasteiger partial charge >= 0.3 is 0 Å². The number of rotatable bonds is 2. The van der Waals surface area contributed by atoms with E-state index in [9.17, 15) is 5.11 Å². The van der Waals surface area contributed by atoms with Crippen LogP contribution < -0.4 is 5.73 Å². The zero-order valence-electron chi connectivity index (χ0n) is 8.62. The van der Waals surface area contributed by atoms with Crippen LogP contribution in [0.15, 0.2) is 12.1 Å². The van der Waals surface area contributed by atoms with Crippen LogP contribution in [0.1, 0.15) is 29.5 Å². The van der Waals surface area contributed by atoms with Gasteiger partial charge in [-0.1, -0.05) is 6.07 Å². The fourth-order valence-corrected chi connectivity index (χ4v) is 2.54. The number of phenolic OH excluding ortho intramolecular Hbond substituents is 1. The summed E-state index contributed by atoms with van der Waals surface area (Å²) >= 11 is 0. The van der Waals surface area contributed by atoms with Crippen molar-refractivity contribution in [3.8, 4) is 5.75 Å². The molecule has 0 atom stereocenters. The Bertz CT molecular complexity index is 410. The highest BCUT2D eigenvalue weighted by molar-refractivity contribution is 5.52. The summed E-state index contributed by atoms with van der Waals surface area (Å²) in [5, 5.41) is 9.97. The molecule has 1 aliphatic carbocycles. The minimum Gasteiger partial charge on any atom is -0.508 e. The summed E-state index contributed by atoms with van der Waals surface area (Å²) in [5.41, 5.74) is 9.30. The maximum absolute atomic E-state index is 9.97. The highest BCUT2D eigenvalue weighted by Gasteiger charge is 2.46. The van der Waals surface area contributed by atoms with E-state index in [0.717, 1.165) is 18.4 Å². The van der Waals surface area contributed by atoms with E-state index in [4.69, 9.17) is 10.5 Å². The molecule has 3 N–H and O–H groups in total. The molecule has 0 bridgehead atoms. The zero-order valence-corrected chi connectivity index (χ0v) is 8.62. The van der Waals surface area contributed by atoms with Gasteiger partial charge in [0.15, 0.2) is 0 Å². The summed E-state index contributed by atoms with van der Waals surface area (Å²) < 4.78 is 5.43. The number of phenols is 1. The van der Waals surface area contributed by atoms with Gasteiger partial charge in [0.05, 0.1) is 13.2 Å². The maximum atomic E-state index is 9.97. The Balaban J connectivity index is 2.17. The summed E-state index contributed by atoms with van der Waals surface area (Å²) in [6.45, 7) is 1.92. The predicted octanol–water partition coefficient (Wildman–Crippen LogP) is 1.41. The Morgan fingerprint density at radius 2 is 2.13 bits per heavy atom. The van der Waals surface area contributed by atoms with Gasteiger partial charge in [-0.2, -0.15) is 0 Å². The first-order valence-electron chi connectivity index (χ1n) is 5.39. The second kappa shape index (κ2) is 2.97. The first-order chi connectivity index (χ1) is 7.27. The quantitative estimate of drug-likeness (QED) is 0.767. The Hall–Kier alpha value is -1.06. The van der Waals surface area contributed by atoms with Gasteiger partial charge in [-0.15, -0.1) is 0 Å². The molecule has 3 heteroatoms. The van der Waals surface area contributed by atoms with Gasteiger partial charge in [-0.25, -0.2) is 0 Å². The van der Waals surface area contributed by atoms with Gasteiger partial charge < -0.3 is 15.6 Å². The third kappa shape index (κ3) is 1.20. The second-order valence-corrected chi connectivity index (χ2v) is 4.57. The standard InChI is InChI=1S/C12H15NO2/c13-7-12(3-4-12)11-9-6-15-5-8(9)1-2-10(11)14/h1-2,14H,3-7,13H2. The molecule has 80 valence electrons. The molecule has 0 aromatic heterocycles. The van der Waals surface area contributed by atoms with Gasteiger partial charge in [0.1, 0.15) is 5.75 Å². The number of ether oxygens (including phenoxy) is 1.